The highest BCUT2D eigenvalue weighted by Gasteiger charge is 2.19. The van der Waals surface area contributed by atoms with E-state index in [1.165, 1.54) is 6.20 Å². The number of pyridine rings is 1. The molecule has 3 aromatic rings. The smallest absolute Gasteiger partial charge is 0.316 e. The van der Waals surface area contributed by atoms with Gasteiger partial charge in [-0.25, -0.2) is 4.98 Å². The summed E-state index contributed by atoms with van der Waals surface area (Å²) in [4.78, 5) is 23.0. The highest BCUT2D eigenvalue weighted by molar-refractivity contribution is 6.37. The molecule has 0 spiro atoms. The number of amides is 1. The van der Waals surface area contributed by atoms with Crippen LogP contribution in [0.2, 0.25) is 5.02 Å². The van der Waals surface area contributed by atoms with Crippen LogP contribution < -0.4 is 5.32 Å². The number of H-pyrrole nitrogens is 1. The first-order valence-corrected chi connectivity index (χ1v) is 6.81. The lowest BCUT2D eigenvalue weighted by molar-refractivity contribution is 0.0893. The molecule has 1 amide bonds. The quantitative estimate of drug-likeness (QED) is 0.692. The van der Waals surface area contributed by atoms with E-state index in [0.717, 1.165) is 5.39 Å². The van der Waals surface area contributed by atoms with Crippen LogP contribution in [0.25, 0.3) is 22.4 Å². The molecule has 3 heterocycles. The molecule has 9 heteroatoms. The van der Waals surface area contributed by atoms with Crippen molar-refractivity contribution in [1.82, 2.24) is 25.4 Å². The van der Waals surface area contributed by atoms with Gasteiger partial charge in [-0.05, 0) is 6.07 Å². The number of rotatable bonds is 5. The molecule has 0 bridgehead atoms. The van der Waals surface area contributed by atoms with Crippen molar-refractivity contribution in [3.63, 3.8) is 0 Å². The second-order valence-electron chi connectivity index (χ2n) is 4.40. The van der Waals surface area contributed by atoms with Crippen molar-refractivity contribution < 1.29 is 14.1 Å². The highest BCUT2D eigenvalue weighted by Crippen LogP contribution is 2.30. The lowest BCUT2D eigenvalue weighted by Crippen LogP contribution is -2.27. The fraction of sp³-hybridized carbons (Fsp3) is 0.231. The molecule has 3 rings (SSSR count). The summed E-state index contributed by atoms with van der Waals surface area (Å²) in [5.41, 5.74) is 1.16. The predicted octanol–water partition coefficient (Wildman–Crippen LogP) is 1.64. The van der Waals surface area contributed by atoms with Crippen LogP contribution in [0, 0.1) is 0 Å². The van der Waals surface area contributed by atoms with Gasteiger partial charge >= 0.3 is 11.8 Å². The number of carbonyl (C=O) groups excluding carboxylic acids is 1. The molecule has 114 valence electrons. The van der Waals surface area contributed by atoms with Gasteiger partial charge in [0.15, 0.2) is 0 Å². The van der Waals surface area contributed by atoms with Crippen LogP contribution in [0.5, 0.6) is 0 Å². The fourth-order valence-corrected chi connectivity index (χ4v) is 2.18. The lowest BCUT2D eigenvalue weighted by atomic mass is 10.2. The Morgan fingerprint density at radius 2 is 2.41 bits per heavy atom. The van der Waals surface area contributed by atoms with Gasteiger partial charge in [-0.1, -0.05) is 16.8 Å². The standard InChI is InChI=1S/C13H12ClN5O3/c1-21-5-4-16-12(20)13-18-11(19-22-13)8-6-17-10-7(9(8)14)2-3-15-10/h2-3,6H,4-5H2,1H3,(H,15,17)(H,16,20). The van der Waals surface area contributed by atoms with Gasteiger partial charge in [0.1, 0.15) is 5.65 Å². The summed E-state index contributed by atoms with van der Waals surface area (Å²) < 4.78 is 9.79. The van der Waals surface area contributed by atoms with Crippen molar-refractivity contribution in [2.45, 2.75) is 0 Å². The number of hydrogen-bond donors (Lipinski definition) is 2. The maximum Gasteiger partial charge on any atom is 0.316 e. The maximum atomic E-state index is 11.8. The van der Waals surface area contributed by atoms with Crippen LogP contribution in [-0.2, 0) is 4.74 Å². The molecule has 22 heavy (non-hydrogen) atoms. The number of aromatic amines is 1. The van der Waals surface area contributed by atoms with Gasteiger partial charge in [0.2, 0.25) is 5.82 Å². The molecular weight excluding hydrogens is 310 g/mol. The number of ether oxygens (including phenoxy) is 1. The Bertz CT molecular complexity index is 813. The molecule has 0 saturated carbocycles. The number of carbonyl (C=O) groups is 1. The summed E-state index contributed by atoms with van der Waals surface area (Å²) in [6.07, 6.45) is 3.26. The summed E-state index contributed by atoms with van der Waals surface area (Å²) in [5.74, 6) is -0.406. The van der Waals surface area contributed by atoms with Crippen molar-refractivity contribution in [2.75, 3.05) is 20.3 Å². The normalized spacial score (nSPS) is 11.0. The summed E-state index contributed by atoms with van der Waals surface area (Å²) in [7, 11) is 1.54. The molecule has 0 saturated heterocycles. The second kappa shape index (κ2) is 6.12. The summed E-state index contributed by atoms with van der Waals surface area (Å²) in [6.45, 7) is 0.747. The van der Waals surface area contributed by atoms with Crippen LogP contribution >= 0.6 is 11.6 Å². The van der Waals surface area contributed by atoms with Crippen molar-refractivity contribution >= 4 is 28.5 Å². The average Bonchev–Trinajstić information content (AvgIpc) is 3.17. The van der Waals surface area contributed by atoms with Gasteiger partial charge in [0.05, 0.1) is 17.2 Å². The molecule has 0 aromatic carbocycles. The Morgan fingerprint density at radius 1 is 1.55 bits per heavy atom. The van der Waals surface area contributed by atoms with Crippen LogP contribution in [0.4, 0.5) is 0 Å². The number of halogens is 1. The van der Waals surface area contributed by atoms with Crippen molar-refractivity contribution in [2.24, 2.45) is 0 Å². The van der Waals surface area contributed by atoms with Crippen molar-refractivity contribution in [1.29, 1.82) is 0 Å². The third-order valence-corrected chi connectivity index (χ3v) is 3.38. The Balaban J connectivity index is 1.86. The monoisotopic (exact) mass is 321 g/mol. The van der Waals surface area contributed by atoms with Crippen LogP contribution in [0.3, 0.4) is 0 Å². The number of fused-ring (bicyclic) bond motifs is 1. The summed E-state index contributed by atoms with van der Waals surface area (Å²) >= 11 is 6.31. The Hall–Kier alpha value is -2.45. The first-order valence-electron chi connectivity index (χ1n) is 6.43. The predicted molar refractivity (Wildman–Crippen MR) is 78.6 cm³/mol. The van der Waals surface area contributed by atoms with E-state index in [4.69, 9.17) is 20.9 Å². The molecule has 0 aliphatic rings. The zero-order valence-electron chi connectivity index (χ0n) is 11.6. The molecule has 2 N–H and O–H groups in total. The van der Waals surface area contributed by atoms with Gasteiger partial charge in [0.25, 0.3) is 0 Å². The van der Waals surface area contributed by atoms with Crippen molar-refractivity contribution in [3.05, 3.63) is 29.4 Å². The maximum absolute atomic E-state index is 11.8. The minimum atomic E-state index is -0.470. The molecule has 8 nitrogen and oxygen atoms in total. The van der Waals surface area contributed by atoms with Gasteiger partial charge in [-0.15, -0.1) is 0 Å². The minimum Gasteiger partial charge on any atom is -0.383 e. The molecule has 0 aliphatic carbocycles. The van der Waals surface area contributed by atoms with E-state index < -0.39 is 5.91 Å². The molecule has 0 atom stereocenters. The van der Waals surface area contributed by atoms with Crippen LogP contribution in [0.1, 0.15) is 10.7 Å². The molecule has 0 radical (unpaired) electrons. The zero-order chi connectivity index (χ0) is 15.5. The molecule has 3 aromatic heterocycles. The van der Waals surface area contributed by atoms with E-state index in [1.807, 2.05) is 0 Å². The van der Waals surface area contributed by atoms with Gasteiger partial charge < -0.3 is 19.6 Å². The Labute approximate surface area is 129 Å². The van der Waals surface area contributed by atoms with Crippen LogP contribution in [-0.4, -0.2) is 46.3 Å². The third-order valence-electron chi connectivity index (χ3n) is 2.97. The van der Waals surface area contributed by atoms with E-state index >= 15 is 0 Å². The number of nitrogens with one attached hydrogen (secondary N) is 2. The van der Waals surface area contributed by atoms with Gasteiger partial charge in [0, 0.05) is 31.4 Å². The fourth-order valence-electron chi connectivity index (χ4n) is 1.90. The van der Waals surface area contributed by atoms with E-state index in [-0.39, 0.29) is 11.7 Å². The molecular formula is C13H12ClN5O3. The van der Waals surface area contributed by atoms with E-state index in [2.05, 4.69) is 25.4 Å². The first-order chi connectivity index (χ1) is 10.7. The van der Waals surface area contributed by atoms with Gasteiger partial charge in [-0.3, -0.25) is 4.79 Å². The minimum absolute atomic E-state index is 0.142. The average molecular weight is 322 g/mol. The second-order valence-corrected chi connectivity index (χ2v) is 4.78. The van der Waals surface area contributed by atoms with E-state index in [9.17, 15) is 4.79 Å². The highest BCUT2D eigenvalue weighted by atomic mass is 35.5. The van der Waals surface area contributed by atoms with Crippen molar-refractivity contribution in [3.8, 4) is 11.4 Å². The number of nitrogens with zero attached hydrogens (tertiary/aromatic N) is 3. The molecule has 0 fully saturated rings. The Morgan fingerprint density at radius 3 is 3.23 bits per heavy atom. The Kier molecular flexibility index (Phi) is 4.03. The molecule has 0 unspecified atom stereocenters. The van der Waals surface area contributed by atoms with Gasteiger partial charge in [-0.2, -0.15) is 4.98 Å². The number of aromatic nitrogens is 4. The summed E-state index contributed by atoms with van der Waals surface area (Å²) in [6, 6.07) is 1.80. The van der Waals surface area contributed by atoms with E-state index in [0.29, 0.717) is 29.4 Å². The lowest BCUT2D eigenvalue weighted by Gasteiger charge is -2.00. The molecule has 0 aliphatic heterocycles. The summed E-state index contributed by atoms with van der Waals surface area (Å²) in [5, 5.41) is 7.55. The zero-order valence-corrected chi connectivity index (χ0v) is 12.3. The van der Waals surface area contributed by atoms with E-state index in [1.54, 1.807) is 19.4 Å². The number of methoxy groups -OCH3 is 1. The first kappa shape index (κ1) is 14.5. The van der Waals surface area contributed by atoms with Crippen LogP contribution in [0.15, 0.2) is 23.0 Å². The topological polar surface area (TPSA) is 106 Å². The largest absolute Gasteiger partial charge is 0.383 e. The number of hydrogen-bond acceptors (Lipinski definition) is 6. The SMILES string of the molecule is COCCNC(=O)c1nc(-c2cnc3[nH]ccc3c2Cl)no1. The third kappa shape index (κ3) is 2.66.